The van der Waals surface area contributed by atoms with Crippen LogP contribution in [0.15, 0.2) is 24.3 Å². The van der Waals surface area contributed by atoms with Gasteiger partial charge in [-0.05, 0) is 17.7 Å². The molecule has 14 heavy (non-hydrogen) atoms. The Labute approximate surface area is 87.0 Å². The molecule has 2 rings (SSSR count). The molecule has 1 atom stereocenters. The number of amides is 1. The zero-order valence-corrected chi connectivity index (χ0v) is 8.25. The van der Waals surface area contributed by atoms with Gasteiger partial charge in [0.25, 0.3) is 0 Å². The van der Waals surface area contributed by atoms with E-state index in [1.807, 2.05) is 24.3 Å². The third-order valence-corrected chi connectivity index (χ3v) is 2.36. The van der Waals surface area contributed by atoms with Gasteiger partial charge in [0.15, 0.2) is 0 Å². The van der Waals surface area contributed by atoms with Crippen LogP contribution in [0.3, 0.4) is 0 Å². The molecule has 4 heteroatoms. The molecule has 1 saturated heterocycles. The summed E-state index contributed by atoms with van der Waals surface area (Å²) in [5.74, 6) is -0.0664. The number of hydrogen-bond donors (Lipinski definition) is 1. The normalized spacial score (nSPS) is 21.8. The van der Waals surface area contributed by atoms with Crippen LogP contribution in [0.5, 0.6) is 0 Å². The Morgan fingerprint density at radius 1 is 1.50 bits per heavy atom. The maximum absolute atomic E-state index is 10.8. The summed E-state index contributed by atoms with van der Waals surface area (Å²) in [5.41, 5.74) is 0.998. The number of morpholine rings is 1. The third-order valence-electron chi connectivity index (χ3n) is 2.12. The molecule has 3 nitrogen and oxygen atoms in total. The van der Waals surface area contributed by atoms with E-state index in [2.05, 4.69) is 5.32 Å². The molecular formula is C10H10ClNO2. The Hall–Kier alpha value is -1.06. The monoisotopic (exact) mass is 211 g/mol. The highest BCUT2D eigenvalue weighted by atomic mass is 35.5. The van der Waals surface area contributed by atoms with Crippen LogP contribution < -0.4 is 5.32 Å². The largest absolute Gasteiger partial charge is 0.362 e. The van der Waals surface area contributed by atoms with Crippen molar-refractivity contribution in [3.05, 3.63) is 34.9 Å². The molecule has 0 radical (unpaired) electrons. The minimum absolute atomic E-state index is 0.0664. The average molecular weight is 212 g/mol. The molecule has 1 fully saturated rings. The Morgan fingerprint density at radius 2 is 2.36 bits per heavy atom. The van der Waals surface area contributed by atoms with Gasteiger partial charge >= 0.3 is 0 Å². The molecule has 0 aromatic heterocycles. The summed E-state index contributed by atoms with van der Waals surface area (Å²) < 4.78 is 5.36. The molecule has 1 aliphatic heterocycles. The molecule has 0 saturated carbocycles. The quantitative estimate of drug-likeness (QED) is 0.765. The van der Waals surface area contributed by atoms with Gasteiger partial charge in [-0.1, -0.05) is 23.7 Å². The molecule has 0 unspecified atom stereocenters. The van der Waals surface area contributed by atoms with Gasteiger partial charge in [0.2, 0.25) is 5.91 Å². The van der Waals surface area contributed by atoms with Crippen molar-refractivity contribution in [1.29, 1.82) is 0 Å². The standard InChI is InChI=1S/C10H10ClNO2/c11-8-3-1-2-7(4-8)9-5-12-10(13)6-14-9/h1-4,9H,5-6H2,(H,12,13)/t9-/m1/s1. The van der Waals surface area contributed by atoms with Gasteiger partial charge in [-0.15, -0.1) is 0 Å². The number of halogens is 1. The van der Waals surface area contributed by atoms with Crippen LogP contribution in [0.2, 0.25) is 5.02 Å². The Balaban J connectivity index is 2.12. The van der Waals surface area contributed by atoms with E-state index in [-0.39, 0.29) is 18.6 Å². The van der Waals surface area contributed by atoms with Crippen molar-refractivity contribution in [3.63, 3.8) is 0 Å². The predicted molar refractivity (Wildman–Crippen MR) is 53.2 cm³/mol. The zero-order valence-electron chi connectivity index (χ0n) is 7.50. The van der Waals surface area contributed by atoms with Gasteiger partial charge in [-0.25, -0.2) is 0 Å². The molecular weight excluding hydrogens is 202 g/mol. The molecule has 0 aliphatic carbocycles. The van der Waals surface area contributed by atoms with Crippen molar-refractivity contribution in [2.45, 2.75) is 6.10 Å². The van der Waals surface area contributed by atoms with Crippen molar-refractivity contribution in [1.82, 2.24) is 5.32 Å². The highest BCUT2D eigenvalue weighted by Gasteiger charge is 2.19. The van der Waals surface area contributed by atoms with Crippen molar-refractivity contribution >= 4 is 17.5 Å². The maximum Gasteiger partial charge on any atom is 0.246 e. The van der Waals surface area contributed by atoms with Crippen molar-refractivity contribution < 1.29 is 9.53 Å². The summed E-state index contributed by atoms with van der Waals surface area (Å²) in [6.45, 7) is 0.635. The topological polar surface area (TPSA) is 38.3 Å². The van der Waals surface area contributed by atoms with E-state index in [4.69, 9.17) is 16.3 Å². The van der Waals surface area contributed by atoms with E-state index < -0.39 is 0 Å². The molecule has 1 aliphatic rings. The summed E-state index contributed by atoms with van der Waals surface area (Å²) in [7, 11) is 0. The third kappa shape index (κ3) is 2.05. The fraction of sp³-hybridized carbons (Fsp3) is 0.300. The van der Waals surface area contributed by atoms with Crippen LogP contribution in [0.4, 0.5) is 0 Å². The Morgan fingerprint density at radius 3 is 3.00 bits per heavy atom. The van der Waals surface area contributed by atoms with E-state index in [0.29, 0.717) is 11.6 Å². The van der Waals surface area contributed by atoms with E-state index in [0.717, 1.165) is 5.56 Å². The van der Waals surface area contributed by atoms with Gasteiger partial charge in [0, 0.05) is 11.6 Å². The van der Waals surface area contributed by atoms with Crippen molar-refractivity contribution in [3.8, 4) is 0 Å². The first kappa shape index (κ1) is 9.49. The summed E-state index contributed by atoms with van der Waals surface area (Å²) in [6, 6.07) is 7.47. The number of benzene rings is 1. The van der Waals surface area contributed by atoms with Gasteiger partial charge in [-0.3, -0.25) is 4.79 Å². The minimum Gasteiger partial charge on any atom is -0.362 e. The molecule has 1 amide bonds. The lowest BCUT2D eigenvalue weighted by molar-refractivity contribution is -0.133. The highest BCUT2D eigenvalue weighted by Crippen LogP contribution is 2.21. The molecule has 0 bridgehead atoms. The Kier molecular flexibility index (Phi) is 2.70. The van der Waals surface area contributed by atoms with Gasteiger partial charge in [0.05, 0.1) is 0 Å². The van der Waals surface area contributed by atoms with Crippen LogP contribution in [0.1, 0.15) is 11.7 Å². The lowest BCUT2D eigenvalue weighted by Gasteiger charge is -2.23. The van der Waals surface area contributed by atoms with Crippen molar-refractivity contribution in [2.75, 3.05) is 13.2 Å². The van der Waals surface area contributed by atoms with Gasteiger partial charge < -0.3 is 10.1 Å². The summed E-state index contributed by atoms with van der Waals surface area (Å²) in [4.78, 5) is 10.8. The maximum atomic E-state index is 10.8. The summed E-state index contributed by atoms with van der Waals surface area (Å²) in [6.07, 6.45) is -0.0774. The van der Waals surface area contributed by atoms with Crippen LogP contribution >= 0.6 is 11.6 Å². The molecule has 1 N–H and O–H groups in total. The first-order chi connectivity index (χ1) is 6.75. The van der Waals surface area contributed by atoms with Crippen LogP contribution in [0, 0.1) is 0 Å². The molecule has 1 aromatic rings. The lowest BCUT2D eigenvalue weighted by Crippen LogP contribution is -2.38. The fourth-order valence-corrected chi connectivity index (χ4v) is 1.61. The average Bonchev–Trinajstić information content (AvgIpc) is 2.19. The number of carbonyl (C=O) groups is 1. The number of hydrogen-bond acceptors (Lipinski definition) is 2. The molecule has 1 aromatic carbocycles. The van der Waals surface area contributed by atoms with Crippen molar-refractivity contribution in [2.24, 2.45) is 0 Å². The fourth-order valence-electron chi connectivity index (χ4n) is 1.41. The first-order valence-electron chi connectivity index (χ1n) is 4.39. The number of rotatable bonds is 1. The highest BCUT2D eigenvalue weighted by molar-refractivity contribution is 6.30. The van der Waals surface area contributed by atoms with E-state index in [1.54, 1.807) is 0 Å². The Bertz CT molecular complexity index is 344. The SMILES string of the molecule is O=C1CO[C@@H](c2cccc(Cl)c2)CN1. The van der Waals surface area contributed by atoms with Crippen LogP contribution in [0.25, 0.3) is 0 Å². The zero-order chi connectivity index (χ0) is 9.97. The second-order valence-corrected chi connectivity index (χ2v) is 3.60. The summed E-state index contributed by atoms with van der Waals surface area (Å²) >= 11 is 5.85. The van der Waals surface area contributed by atoms with Crippen LogP contribution in [-0.2, 0) is 9.53 Å². The minimum atomic E-state index is -0.0774. The van der Waals surface area contributed by atoms with Gasteiger partial charge in [0.1, 0.15) is 12.7 Å². The number of carbonyl (C=O) groups excluding carboxylic acids is 1. The van der Waals surface area contributed by atoms with Gasteiger partial charge in [-0.2, -0.15) is 0 Å². The number of ether oxygens (including phenoxy) is 1. The smallest absolute Gasteiger partial charge is 0.246 e. The van der Waals surface area contributed by atoms with E-state index >= 15 is 0 Å². The first-order valence-corrected chi connectivity index (χ1v) is 4.77. The molecule has 0 spiro atoms. The van der Waals surface area contributed by atoms with E-state index in [9.17, 15) is 4.79 Å². The number of nitrogens with one attached hydrogen (secondary N) is 1. The predicted octanol–water partition coefficient (Wildman–Crippen LogP) is 1.53. The second kappa shape index (κ2) is 3.98. The summed E-state index contributed by atoms with van der Waals surface area (Å²) in [5, 5.41) is 3.43. The molecule has 74 valence electrons. The van der Waals surface area contributed by atoms with Crippen LogP contribution in [-0.4, -0.2) is 19.1 Å². The lowest BCUT2D eigenvalue weighted by atomic mass is 10.1. The van der Waals surface area contributed by atoms with E-state index in [1.165, 1.54) is 0 Å². The second-order valence-electron chi connectivity index (χ2n) is 3.16. The molecule has 1 heterocycles.